The van der Waals surface area contributed by atoms with Gasteiger partial charge in [-0.1, -0.05) is 22.0 Å². The Bertz CT molecular complexity index is 421. The van der Waals surface area contributed by atoms with E-state index in [0.717, 1.165) is 23.2 Å². The zero-order chi connectivity index (χ0) is 14.0. The van der Waals surface area contributed by atoms with E-state index in [-0.39, 0.29) is 0 Å². The van der Waals surface area contributed by atoms with E-state index in [1.54, 1.807) is 0 Å². The normalized spacial score (nSPS) is 17.8. The summed E-state index contributed by atoms with van der Waals surface area (Å²) in [4.78, 5) is 4.77. The summed E-state index contributed by atoms with van der Waals surface area (Å²) in [6.07, 6.45) is 3.95. The molecule has 0 heterocycles. The molecule has 106 valence electrons. The Hall–Kier alpha value is -0.580. The molecule has 19 heavy (non-hydrogen) atoms. The van der Waals surface area contributed by atoms with Crippen LogP contribution in [0.5, 0.6) is 0 Å². The highest BCUT2D eigenvalue weighted by Gasteiger charge is 2.39. The zero-order valence-corrected chi connectivity index (χ0v) is 13.7. The van der Waals surface area contributed by atoms with E-state index in [0.29, 0.717) is 5.54 Å². The van der Waals surface area contributed by atoms with Crippen molar-refractivity contribution in [2.45, 2.75) is 31.3 Å². The van der Waals surface area contributed by atoms with Gasteiger partial charge in [0.2, 0.25) is 0 Å². The van der Waals surface area contributed by atoms with E-state index in [9.17, 15) is 0 Å². The van der Waals surface area contributed by atoms with Crippen LogP contribution in [-0.4, -0.2) is 43.0 Å². The number of hydrogen-bond donors (Lipinski definition) is 1. The van der Waals surface area contributed by atoms with Crippen molar-refractivity contribution in [1.82, 2.24) is 9.80 Å². The molecule has 0 saturated heterocycles. The number of anilines is 1. The molecule has 2 N–H and O–H groups in total. The van der Waals surface area contributed by atoms with Crippen LogP contribution in [0.4, 0.5) is 5.69 Å². The lowest BCUT2D eigenvalue weighted by molar-refractivity contribution is 0.0259. The molecule has 2 rings (SSSR count). The first-order valence-corrected chi connectivity index (χ1v) is 7.63. The van der Waals surface area contributed by atoms with E-state index < -0.39 is 0 Å². The van der Waals surface area contributed by atoms with E-state index >= 15 is 0 Å². The molecule has 0 radical (unpaired) electrons. The topological polar surface area (TPSA) is 32.5 Å². The molecule has 1 aliphatic rings. The van der Waals surface area contributed by atoms with Gasteiger partial charge in [-0.15, -0.1) is 0 Å². The van der Waals surface area contributed by atoms with Gasteiger partial charge in [0.25, 0.3) is 0 Å². The van der Waals surface area contributed by atoms with Crippen molar-refractivity contribution in [3.63, 3.8) is 0 Å². The van der Waals surface area contributed by atoms with Crippen LogP contribution in [0.1, 0.15) is 24.8 Å². The van der Waals surface area contributed by atoms with Crippen LogP contribution in [0.15, 0.2) is 22.7 Å². The highest BCUT2D eigenvalue weighted by atomic mass is 79.9. The largest absolute Gasteiger partial charge is 0.398 e. The van der Waals surface area contributed by atoms with Gasteiger partial charge < -0.3 is 15.5 Å². The van der Waals surface area contributed by atoms with Crippen LogP contribution < -0.4 is 5.73 Å². The monoisotopic (exact) mass is 325 g/mol. The Balaban J connectivity index is 2.03. The molecule has 0 aliphatic heterocycles. The van der Waals surface area contributed by atoms with E-state index in [4.69, 9.17) is 5.73 Å². The average Bonchev–Trinajstić information content (AvgIpc) is 2.28. The maximum Gasteiger partial charge on any atom is 0.0371 e. The summed E-state index contributed by atoms with van der Waals surface area (Å²) in [5.74, 6) is 0. The highest BCUT2D eigenvalue weighted by Crippen LogP contribution is 2.37. The second-order valence-electron chi connectivity index (χ2n) is 5.95. The maximum absolute atomic E-state index is 6.07. The molecule has 0 unspecified atom stereocenters. The molecule has 1 aliphatic carbocycles. The third-order valence-corrected chi connectivity index (χ3v) is 5.12. The molecule has 0 amide bonds. The fourth-order valence-corrected chi connectivity index (χ4v) is 3.41. The van der Waals surface area contributed by atoms with Crippen LogP contribution in [0, 0.1) is 0 Å². The number of benzene rings is 1. The maximum atomic E-state index is 6.07. The third-order valence-electron chi connectivity index (χ3n) is 4.38. The predicted molar refractivity (Wildman–Crippen MR) is 85.2 cm³/mol. The molecule has 0 bridgehead atoms. The van der Waals surface area contributed by atoms with Crippen molar-refractivity contribution in [2.75, 3.05) is 33.4 Å². The Morgan fingerprint density at radius 2 is 1.95 bits per heavy atom. The van der Waals surface area contributed by atoms with Gasteiger partial charge in [0.1, 0.15) is 0 Å². The number of rotatable bonds is 5. The summed E-state index contributed by atoms with van der Waals surface area (Å²) in [5, 5.41) is 0. The fourth-order valence-electron chi connectivity index (χ4n) is 2.90. The van der Waals surface area contributed by atoms with Crippen LogP contribution in [-0.2, 0) is 6.54 Å². The number of nitrogens with two attached hydrogens (primary N) is 1. The summed E-state index contributed by atoms with van der Waals surface area (Å²) in [6, 6.07) is 6.01. The summed E-state index contributed by atoms with van der Waals surface area (Å²) >= 11 is 3.60. The Kier molecular flexibility index (Phi) is 4.54. The third kappa shape index (κ3) is 3.12. The lowest BCUT2D eigenvalue weighted by Gasteiger charge is -2.49. The average molecular weight is 326 g/mol. The molecule has 0 spiro atoms. The smallest absolute Gasteiger partial charge is 0.0371 e. The Morgan fingerprint density at radius 3 is 2.42 bits per heavy atom. The standard InChI is InChI=1S/C15H24BrN3/c1-18(2)15(8-5-9-15)11-19(3)10-12-13(16)6-4-7-14(12)17/h4,6-7H,5,8-11,17H2,1-3H3. The molecule has 0 atom stereocenters. The number of hydrogen-bond acceptors (Lipinski definition) is 3. The van der Waals surface area contributed by atoms with Crippen LogP contribution in [0.2, 0.25) is 0 Å². The van der Waals surface area contributed by atoms with Crippen molar-refractivity contribution >= 4 is 21.6 Å². The predicted octanol–water partition coefficient (Wildman–Crippen LogP) is 2.95. The van der Waals surface area contributed by atoms with Crippen molar-refractivity contribution in [3.8, 4) is 0 Å². The molecule has 1 aromatic carbocycles. The zero-order valence-electron chi connectivity index (χ0n) is 12.1. The SMILES string of the molecule is CN(Cc1c(N)cccc1Br)CC1(N(C)C)CCC1. The highest BCUT2D eigenvalue weighted by molar-refractivity contribution is 9.10. The number of nitrogens with zero attached hydrogens (tertiary/aromatic N) is 2. The molecule has 1 saturated carbocycles. The summed E-state index contributed by atoms with van der Waals surface area (Å²) in [5.41, 5.74) is 8.50. The van der Waals surface area contributed by atoms with Gasteiger partial charge in [-0.05, 0) is 52.5 Å². The molecular formula is C15H24BrN3. The summed E-state index contributed by atoms with van der Waals surface area (Å²) in [6.45, 7) is 1.99. The molecule has 0 aromatic heterocycles. The minimum Gasteiger partial charge on any atom is -0.398 e. The van der Waals surface area contributed by atoms with Crippen molar-refractivity contribution in [2.24, 2.45) is 0 Å². The first kappa shape index (κ1) is 14.8. The van der Waals surface area contributed by atoms with Crippen LogP contribution in [0.25, 0.3) is 0 Å². The molecule has 4 heteroatoms. The molecule has 1 fully saturated rings. The van der Waals surface area contributed by atoms with Gasteiger partial charge in [0.05, 0.1) is 0 Å². The molecule has 1 aromatic rings. The molecule has 3 nitrogen and oxygen atoms in total. The van der Waals surface area contributed by atoms with Crippen molar-refractivity contribution in [1.29, 1.82) is 0 Å². The van der Waals surface area contributed by atoms with Gasteiger partial charge in [-0.25, -0.2) is 0 Å². The number of halogens is 1. The van der Waals surface area contributed by atoms with Gasteiger partial charge >= 0.3 is 0 Å². The number of nitrogen functional groups attached to an aromatic ring is 1. The van der Waals surface area contributed by atoms with E-state index in [2.05, 4.69) is 52.9 Å². The summed E-state index contributed by atoms with van der Waals surface area (Å²) in [7, 11) is 6.57. The van der Waals surface area contributed by atoms with Gasteiger partial charge in [0, 0.05) is 34.4 Å². The first-order chi connectivity index (χ1) is 8.94. The minimum absolute atomic E-state index is 0.366. The fraction of sp³-hybridized carbons (Fsp3) is 0.600. The van der Waals surface area contributed by atoms with Gasteiger partial charge in [-0.2, -0.15) is 0 Å². The lowest BCUT2D eigenvalue weighted by Crippen LogP contribution is -2.56. The summed E-state index contributed by atoms with van der Waals surface area (Å²) < 4.78 is 1.10. The minimum atomic E-state index is 0.366. The van der Waals surface area contributed by atoms with E-state index in [1.165, 1.54) is 24.8 Å². The lowest BCUT2D eigenvalue weighted by atomic mass is 9.75. The second-order valence-corrected chi connectivity index (χ2v) is 6.81. The van der Waals surface area contributed by atoms with Crippen LogP contribution in [0.3, 0.4) is 0 Å². The number of likely N-dealkylation sites (N-methyl/N-ethyl adjacent to an activating group) is 2. The Labute approximate surface area is 124 Å². The Morgan fingerprint density at radius 1 is 1.26 bits per heavy atom. The van der Waals surface area contributed by atoms with E-state index in [1.807, 2.05) is 12.1 Å². The van der Waals surface area contributed by atoms with Gasteiger partial charge in [-0.3, -0.25) is 0 Å². The van der Waals surface area contributed by atoms with Gasteiger partial charge in [0.15, 0.2) is 0 Å². The first-order valence-electron chi connectivity index (χ1n) is 6.83. The van der Waals surface area contributed by atoms with Crippen molar-refractivity contribution in [3.05, 3.63) is 28.2 Å². The second kappa shape index (κ2) is 5.81. The van der Waals surface area contributed by atoms with Crippen molar-refractivity contribution < 1.29 is 0 Å². The molecular weight excluding hydrogens is 302 g/mol. The van der Waals surface area contributed by atoms with Crippen LogP contribution >= 0.6 is 15.9 Å². The quantitative estimate of drug-likeness (QED) is 0.845.